The molecule has 108 valence electrons. The highest BCUT2D eigenvalue weighted by Crippen LogP contribution is 2.39. The highest BCUT2D eigenvalue weighted by molar-refractivity contribution is 6.29. The van der Waals surface area contributed by atoms with Crippen molar-refractivity contribution in [1.82, 2.24) is 9.97 Å². The van der Waals surface area contributed by atoms with E-state index in [0.29, 0.717) is 16.9 Å². The molecule has 0 atom stereocenters. The fraction of sp³-hybridized carbons (Fsp3) is 0.267. The second-order valence-electron chi connectivity index (χ2n) is 5.09. The van der Waals surface area contributed by atoms with Crippen LogP contribution < -0.4 is 10.6 Å². The van der Waals surface area contributed by atoms with Gasteiger partial charge in [-0.25, -0.2) is 9.97 Å². The summed E-state index contributed by atoms with van der Waals surface area (Å²) in [4.78, 5) is 19.7. The normalized spacial score (nSPS) is 13.8. The van der Waals surface area contributed by atoms with E-state index in [0.717, 1.165) is 30.0 Å². The summed E-state index contributed by atoms with van der Waals surface area (Å²) in [5.41, 5.74) is 1.63. The molecule has 1 aromatic heterocycles. The van der Waals surface area contributed by atoms with Crippen molar-refractivity contribution in [3.63, 3.8) is 0 Å². The van der Waals surface area contributed by atoms with Crippen LogP contribution in [0.3, 0.4) is 0 Å². The third-order valence-corrected chi connectivity index (χ3v) is 3.33. The highest BCUT2D eigenvalue weighted by Gasteiger charge is 2.27. The standard InChI is InChI=1S/C15H15ClN4O/c1-9(21)17-11-4-6-12(7-5-11)18-14-8-13(16)19-15(20-14)10-2-3-10/h4-8,10H,2-3H2,1H3,(H,17,21)(H,18,19,20). The number of anilines is 3. The molecule has 21 heavy (non-hydrogen) atoms. The van der Waals surface area contributed by atoms with E-state index in [1.807, 2.05) is 24.3 Å². The molecule has 0 aliphatic heterocycles. The van der Waals surface area contributed by atoms with Crippen LogP contribution in [0, 0.1) is 0 Å². The molecule has 0 spiro atoms. The number of carbonyl (C=O) groups excluding carboxylic acids is 1. The lowest BCUT2D eigenvalue weighted by atomic mass is 10.2. The second-order valence-corrected chi connectivity index (χ2v) is 5.48. The highest BCUT2D eigenvalue weighted by atomic mass is 35.5. The van der Waals surface area contributed by atoms with Gasteiger partial charge in [0.05, 0.1) is 0 Å². The van der Waals surface area contributed by atoms with E-state index >= 15 is 0 Å². The quantitative estimate of drug-likeness (QED) is 0.845. The van der Waals surface area contributed by atoms with E-state index in [1.54, 1.807) is 6.07 Å². The number of halogens is 1. The summed E-state index contributed by atoms with van der Waals surface area (Å²) in [6.07, 6.45) is 2.26. The van der Waals surface area contributed by atoms with Gasteiger partial charge in [-0.2, -0.15) is 0 Å². The lowest BCUT2D eigenvalue weighted by Gasteiger charge is -2.09. The average molecular weight is 303 g/mol. The van der Waals surface area contributed by atoms with Gasteiger partial charge in [0.25, 0.3) is 0 Å². The Balaban J connectivity index is 1.75. The SMILES string of the molecule is CC(=O)Nc1ccc(Nc2cc(Cl)nc(C3CC3)n2)cc1. The molecule has 1 saturated carbocycles. The summed E-state index contributed by atoms with van der Waals surface area (Å²) in [5, 5.41) is 6.37. The van der Waals surface area contributed by atoms with Crippen molar-refractivity contribution < 1.29 is 4.79 Å². The number of amides is 1. The number of benzene rings is 1. The molecule has 1 heterocycles. The van der Waals surface area contributed by atoms with Crippen LogP contribution in [0.4, 0.5) is 17.2 Å². The zero-order valence-electron chi connectivity index (χ0n) is 11.6. The molecule has 0 saturated heterocycles. The van der Waals surface area contributed by atoms with Gasteiger partial charge < -0.3 is 10.6 Å². The number of carbonyl (C=O) groups is 1. The number of hydrogen-bond donors (Lipinski definition) is 2. The molecular weight excluding hydrogens is 288 g/mol. The molecule has 1 aliphatic rings. The molecule has 5 nitrogen and oxygen atoms in total. The lowest BCUT2D eigenvalue weighted by Crippen LogP contribution is -2.05. The zero-order chi connectivity index (χ0) is 14.8. The smallest absolute Gasteiger partial charge is 0.221 e. The molecule has 3 rings (SSSR count). The van der Waals surface area contributed by atoms with Crippen molar-refractivity contribution in [3.05, 3.63) is 41.3 Å². The lowest BCUT2D eigenvalue weighted by molar-refractivity contribution is -0.114. The zero-order valence-corrected chi connectivity index (χ0v) is 12.3. The monoisotopic (exact) mass is 302 g/mol. The van der Waals surface area contributed by atoms with Gasteiger partial charge in [-0.1, -0.05) is 11.6 Å². The van der Waals surface area contributed by atoms with Crippen LogP contribution in [0.1, 0.15) is 31.5 Å². The van der Waals surface area contributed by atoms with Crippen LogP contribution in [0.15, 0.2) is 30.3 Å². The van der Waals surface area contributed by atoms with E-state index in [4.69, 9.17) is 11.6 Å². The average Bonchev–Trinajstić information content (AvgIpc) is 3.24. The van der Waals surface area contributed by atoms with E-state index in [-0.39, 0.29) is 5.91 Å². The minimum Gasteiger partial charge on any atom is -0.340 e. The van der Waals surface area contributed by atoms with Crippen LogP contribution in [0.5, 0.6) is 0 Å². The molecule has 1 amide bonds. The van der Waals surface area contributed by atoms with Crippen molar-refractivity contribution in [2.45, 2.75) is 25.7 Å². The maximum atomic E-state index is 11.0. The number of nitrogens with zero attached hydrogens (tertiary/aromatic N) is 2. The summed E-state index contributed by atoms with van der Waals surface area (Å²) < 4.78 is 0. The molecule has 0 bridgehead atoms. The van der Waals surface area contributed by atoms with Gasteiger partial charge in [-0.3, -0.25) is 4.79 Å². The van der Waals surface area contributed by atoms with Gasteiger partial charge in [0.15, 0.2) is 0 Å². The molecule has 2 N–H and O–H groups in total. The van der Waals surface area contributed by atoms with Crippen molar-refractivity contribution >= 4 is 34.7 Å². The Kier molecular flexibility index (Phi) is 3.75. The van der Waals surface area contributed by atoms with Crippen LogP contribution in [-0.4, -0.2) is 15.9 Å². The van der Waals surface area contributed by atoms with Gasteiger partial charge in [-0.15, -0.1) is 0 Å². The van der Waals surface area contributed by atoms with Crippen molar-refractivity contribution in [3.8, 4) is 0 Å². The molecule has 1 aromatic carbocycles. The van der Waals surface area contributed by atoms with Gasteiger partial charge in [0, 0.05) is 30.3 Å². The van der Waals surface area contributed by atoms with E-state index < -0.39 is 0 Å². The fourth-order valence-corrected chi connectivity index (χ4v) is 2.20. The number of hydrogen-bond acceptors (Lipinski definition) is 4. The molecule has 6 heteroatoms. The Morgan fingerprint density at radius 1 is 1.19 bits per heavy atom. The van der Waals surface area contributed by atoms with Crippen molar-refractivity contribution in [1.29, 1.82) is 0 Å². The molecular formula is C15H15ClN4O. The number of nitrogens with one attached hydrogen (secondary N) is 2. The second kappa shape index (κ2) is 5.69. The molecule has 0 unspecified atom stereocenters. The summed E-state index contributed by atoms with van der Waals surface area (Å²) in [6, 6.07) is 9.11. The van der Waals surface area contributed by atoms with E-state index in [2.05, 4.69) is 20.6 Å². The first-order valence-corrected chi connectivity index (χ1v) is 7.17. The van der Waals surface area contributed by atoms with Gasteiger partial charge >= 0.3 is 0 Å². The summed E-state index contributed by atoms with van der Waals surface area (Å²) >= 11 is 6.03. The Bertz CT molecular complexity index is 668. The molecule has 1 aliphatic carbocycles. The molecule has 1 fully saturated rings. The largest absolute Gasteiger partial charge is 0.340 e. The first kappa shape index (κ1) is 13.8. The Morgan fingerprint density at radius 2 is 1.86 bits per heavy atom. The first-order valence-electron chi connectivity index (χ1n) is 6.79. The molecule has 2 aromatic rings. The first-order chi connectivity index (χ1) is 10.1. The minimum absolute atomic E-state index is 0.0904. The maximum absolute atomic E-state index is 11.0. The maximum Gasteiger partial charge on any atom is 0.221 e. The minimum atomic E-state index is -0.0904. The van der Waals surface area contributed by atoms with Gasteiger partial charge in [-0.05, 0) is 37.1 Å². The van der Waals surface area contributed by atoms with Crippen molar-refractivity contribution in [2.24, 2.45) is 0 Å². The van der Waals surface area contributed by atoms with Crippen LogP contribution in [-0.2, 0) is 4.79 Å². The van der Waals surface area contributed by atoms with Crippen LogP contribution >= 0.6 is 11.6 Å². The Morgan fingerprint density at radius 3 is 2.48 bits per heavy atom. The third-order valence-electron chi connectivity index (χ3n) is 3.13. The summed E-state index contributed by atoms with van der Waals surface area (Å²) in [5.74, 6) is 1.85. The van der Waals surface area contributed by atoms with Crippen LogP contribution in [0.25, 0.3) is 0 Å². The topological polar surface area (TPSA) is 66.9 Å². The summed E-state index contributed by atoms with van der Waals surface area (Å²) in [6.45, 7) is 1.48. The van der Waals surface area contributed by atoms with E-state index in [1.165, 1.54) is 6.92 Å². The third kappa shape index (κ3) is 3.70. The number of aromatic nitrogens is 2. The van der Waals surface area contributed by atoms with Crippen molar-refractivity contribution in [2.75, 3.05) is 10.6 Å². The fourth-order valence-electron chi connectivity index (χ4n) is 2.01. The van der Waals surface area contributed by atoms with Crippen LogP contribution in [0.2, 0.25) is 5.15 Å². The predicted octanol–water partition coefficient (Wildman–Crippen LogP) is 3.71. The predicted molar refractivity (Wildman–Crippen MR) is 83.0 cm³/mol. The summed E-state index contributed by atoms with van der Waals surface area (Å²) in [7, 11) is 0. The Hall–Kier alpha value is -2.14. The Labute approximate surface area is 127 Å². The van der Waals surface area contributed by atoms with Gasteiger partial charge in [0.2, 0.25) is 5.91 Å². The molecule has 0 radical (unpaired) electrons. The van der Waals surface area contributed by atoms with E-state index in [9.17, 15) is 4.79 Å². The van der Waals surface area contributed by atoms with Gasteiger partial charge in [0.1, 0.15) is 16.8 Å². The number of rotatable bonds is 4.